The lowest BCUT2D eigenvalue weighted by Gasteiger charge is -2.11. The summed E-state index contributed by atoms with van der Waals surface area (Å²) in [6.45, 7) is 5.51. The molecule has 0 saturated carbocycles. The molecule has 0 spiro atoms. The fourth-order valence-corrected chi connectivity index (χ4v) is 1.42. The zero-order valence-corrected chi connectivity index (χ0v) is 10.9. The van der Waals surface area contributed by atoms with Gasteiger partial charge in [0.1, 0.15) is 0 Å². The van der Waals surface area contributed by atoms with E-state index in [1.165, 1.54) is 0 Å². The summed E-state index contributed by atoms with van der Waals surface area (Å²) in [5, 5.41) is 6.17. The lowest BCUT2D eigenvalue weighted by atomic mass is 10.2. The number of carbonyl (C=O) groups excluding carboxylic acids is 1. The second-order valence-corrected chi connectivity index (χ2v) is 4.30. The second-order valence-electron chi connectivity index (χ2n) is 4.30. The number of hydrogen-bond donors (Lipinski definition) is 2. The summed E-state index contributed by atoms with van der Waals surface area (Å²) in [5.74, 6) is 0.108. The molecule has 0 saturated heterocycles. The van der Waals surface area contributed by atoms with E-state index in [1.54, 1.807) is 6.33 Å². The molecular formula is C12H22N4O. The molecule has 0 fully saturated rings. The minimum atomic E-state index is 0.108. The molecule has 1 aromatic heterocycles. The molecule has 1 atom stereocenters. The first-order chi connectivity index (χ1) is 8.13. The molecule has 5 nitrogen and oxygen atoms in total. The topological polar surface area (TPSA) is 59.0 Å². The summed E-state index contributed by atoms with van der Waals surface area (Å²) >= 11 is 0. The minimum Gasteiger partial charge on any atom is -0.354 e. The van der Waals surface area contributed by atoms with Crippen molar-refractivity contribution in [2.75, 3.05) is 6.54 Å². The number of amides is 1. The van der Waals surface area contributed by atoms with Gasteiger partial charge in [0.25, 0.3) is 0 Å². The fourth-order valence-electron chi connectivity index (χ4n) is 1.42. The average molecular weight is 238 g/mol. The van der Waals surface area contributed by atoms with Crippen LogP contribution in [-0.2, 0) is 18.4 Å². The Hall–Kier alpha value is -1.36. The van der Waals surface area contributed by atoms with E-state index in [-0.39, 0.29) is 11.9 Å². The predicted octanol–water partition coefficient (Wildman–Crippen LogP) is 0.814. The number of nitrogens with one attached hydrogen (secondary N) is 2. The Kier molecular flexibility index (Phi) is 5.69. The molecule has 0 aliphatic rings. The van der Waals surface area contributed by atoms with Crippen LogP contribution in [-0.4, -0.2) is 28.0 Å². The molecule has 1 unspecified atom stereocenters. The monoisotopic (exact) mass is 238 g/mol. The van der Waals surface area contributed by atoms with Gasteiger partial charge in [-0.2, -0.15) is 0 Å². The van der Waals surface area contributed by atoms with Crippen molar-refractivity contribution < 1.29 is 4.79 Å². The molecule has 1 aromatic rings. The van der Waals surface area contributed by atoms with Crippen LogP contribution in [0.2, 0.25) is 0 Å². The van der Waals surface area contributed by atoms with Gasteiger partial charge in [0, 0.05) is 38.8 Å². The number of rotatable bonds is 7. The van der Waals surface area contributed by atoms with Gasteiger partial charge < -0.3 is 15.2 Å². The maximum Gasteiger partial charge on any atom is 0.221 e. The standard InChI is InChI=1S/C12H22N4O/c1-4-10(2)15-12(17)5-6-13-7-11-8-14-9-16(11)3/h8-10,13H,4-7H2,1-3H3,(H,15,17). The van der Waals surface area contributed by atoms with Crippen LogP contribution in [0.15, 0.2) is 12.5 Å². The molecule has 0 aliphatic carbocycles. The minimum absolute atomic E-state index is 0.108. The van der Waals surface area contributed by atoms with E-state index in [4.69, 9.17) is 0 Å². The van der Waals surface area contributed by atoms with Crippen molar-refractivity contribution in [1.29, 1.82) is 0 Å². The van der Waals surface area contributed by atoms with Crippen LogP contribution in [0.3, 0.4) is 0 Å². The van der Waals surface area contributed by atoms with Crippen molar-refractivity contribution in [1.82, 2.24) is 20.2 Å². The number of nitrogens with zero attached hydrogens (tertiary/aromatic N) is 2. The van der Waals surface area contributed by atoms with E-state index < -0.39 is 0 Å². The van der Waals surface area contributed by atoms with Crippen LogP contribution < -0.4 is 10.6 Å². The van der Waals surface area contributed by atoms with E-state index in [2.05, 4.69) is 22.5 Å². The molecule has 0 radical (unpaired) electrons. The van der Waals surface area contributed by atoms with Gasteiger partial charge in [-0.05, 0) is 13.3 Å². The van der Waals surface area contributed by atoms with Crippen molar-refractivity contribution in [3.8, 4) is 0 Å². The van der Waals surface area contributed by atoms with Gasteiger partial charge in [-0.15, -0.1) is 0 Å². The normalized spacial score (nSPS) is 12.4. The van der Waals surface area contributed by atoms with E-state index in [0.717, 1.165) is 18.7 Å². The lowest BCUT2D eigenvalue weighted by Crippen LogP contribution is -2.34. The van der Waals surface area contributed by atoms with E-state index in [0.29, 0.717) is 13.0 Å². The molecule has 1 rings (SSSR count). The Labute approximate surface area is 103 Å². The van der Waals surface area contributed by atoms with Crippen LogP contribution in [0.25, 0.3) is 0 Å². The molecule has 0 aliphatic heterocycles. The van der Waals surface area contributed by atoms with Crippen molar-refractivity contribution in [2.45, 2.75) is 39.3 Å². The smallest absolute Gasteiger partial charge is 0.221 e. The Morgan fingerprint density at radius 2 is 2.35 bits per heavy atom. The maximum absolute atomic E-state index is 11.5. The molecule has 96 valence electrons. The van der Waals surface area contributed by atoms with Gasteiger partial charge in [0.2, 0.25) is 5.91 Å². The fraction of sp³-hybridized carbons (Fsp3) is 0.667. The molecule has 5 heteroatoms. The highest BCUT2D eigenvalue weighted by molar-refractivity contribution is 5.76. The zero-order chi connectivity index (χ0) is 12.7. The van der Waals surface area contributed by atoms with E-state index in [1.807, 2.05) is 24.7 Å². The summed E-state index contributed by atoms with van der Waals surface area (Å²) in [4.78, 5) is 15.5. The van der Waals surface area contributed by atoms with Crippen molar-refractivity contribution in [2.24, 2.45) is 7.05 Å². The van der Waals surface area contributed by atoms with Crippen molar-refractivity contribution in [3.63, 3.8) is 0 Å². The Bertz CT molecular complexity index is 348. The quantitative estimate of drug-likeness (QED) is 0.691. The third-order valence-electron chi connectivity index (χ3n) is 2.77. The molecule has 1 heterocycles. The number of aryl methyl sites for hydroxylation is 1. The molecule has 0 aromatic carbocycles. The van der Waals surface area contributed by atoms with E-state index >= 15 is 0 Å². The number of imidazole rings is 1. The van der Waals surface area contributed by atoms with Gasteiger partial charge in [0.05, 0.1) is 12.0 Å². The van der Waals surface area contributed by atoms with Gasteiger partial charge in [0.15, 0.2) is 0 Å². The Morgan fingerprint density at radius 1 is 1.59 bits per heavy atom. The summed E-state index contributed by atoms with van der Waals surface area (Å²) < 4.78 is 1.96. The molecule has 17 heavy (non-hydrogen) atoms. The Morgan fingerprint density at radius 3 is 2.94 bits per heavy atom. The molecule has 0 bridgehead atoms. The predicted molar refractivity (Wildman–Crippen MR) is 67.4 cm³/mol. The highest BCUT2D eigenvalue weighted by atomic mass is 16.1. The van der Waals surface area contributed by atoms with Gasteiger partial charge in [-0.3, -0.25) is 4.79 Å². The summed E-state index contributed by atoms with van der Waals surface area (Å²) in [7, 11) is 1.96. The first-order valence-corrected chi connectivity index (χ1v) is 6.08. The number of aromatic nitrogens is 2. The largest absolute Gasteiger partial charge is 0.354 e. The third kappa shape index (κ3) is 4.99. The Balaban J connectivity index is 2.12. The van der Waals surface area contributed by atoms with Gasteiger partial charge in [-0.1, -0.05) is 6.92 Å². The number of hydrogen-bond acceptors (Lipinski definition) is 3. The van der Waals surface area contributed by atoms with Crippen LogP contribution in [0.4, 0.5) is 0 Å². The molecule has 2 N–H and O–H groups in total. The summed E-state index contributed by atoms with van der Waals surface area (Å²) in [5.41, 5.74) is 1.12. The molecule has 1 amide bonds. The first-order valence-electron chi connectivity index (χ1n) is 6.08. The van der Waals surface area contributed by atoms with Crippen LogP contribution in [0, 0.1) is 0 Å². The van der Waals surface area contributed by atoms with Crippen LogP contribution in [0.1, 0.15) is 32.4 Å². The van der Waals surface area contributed by atoms with E-state index in [9.17, 15) is 4.79 Å². The number of carbonyl (C=O) groups is 1. The van der Waals surface area contributed by atoms with Gasteiger partial charge >= 0.3 is 0 Å². The summed E-state index contributed by atoms with van der Waals surface area (Å²) in [6, 6.07) is 0.263. The van der Waals surface area contributed by atoms with Crippen molar-refractivity contribution >= 4 is 5.91 Å². The maximum atomic E-state index is 11.5. The zero-order valence-electron chi connectivity index (χ0n) is 10.9. The highest BCUT2D eigenvalue weighted by Crippen LogP contribution is 1.95. The summed E-state index contributed by atoms with van der Waals surface area (Å²) in [6.07, 6.45) is 5.08. The van der Waals surface area contributed by atoms with Crippen molar-refractivity contribution in [3.05, 3.63) is 18.2 Å². The van der Waals surface area contributed by atoms with Crippen LogP contribution in [0.5, 0.6) is 0 Å². The van der Waals surface area contributed by atoms with Gasteiger partial charge in [-0.25, -0.2) is 4.98 Å². The van der Waals surface area contributed by atoms with Crippen LogP contribution >= 0.6 is 0 Å². The second kappa shape index (κ2) is 7.06. The molecular weight excluding hydrogens is 216 g/mol. The lowest BCUT2D eigenvalue weighted by molar-refractivity contribution is -0.121. The average Bonchev–Trinajstić information content (AvgIpc) is 2.70. The third-order valence-corrected chi connectivity index (χ3v) is 2.77. The highest BCUT2D eigenvalue weighted by Gasteiger charge is 2.04. The SMILES string of the molecule is CCC(C)NC(=O)CCNCc1cncn1C. The first kappa shape index (κ1) is 13.7.